The molecule has 1 N–H and O–H groups in total. The molecule has 0 radical (unpaired) electrons. The first-order valence-corrected chi connectivity index (χ1v) is 8.35. The van der Waals surface area contributed by atoms with E-state index in [1.807, 2.05) is 36.4 Å². The Kier molecular flexibility index (Phi) is 5.18. The number of hydrogen-bond acceptors (Lipinski definition) is 6. The highest BCUT2D eigenvalue weighted by atomic mass is 16.5. The van der Waals surface area contributed by atoms with Crippen LogP contribution in [-0.2, 0) is 12.1 Å². The Morgan fingerprint density at radius 3 is 2.42 bits per heavy atom. The zero-order valence-electron chi connectivity index (χ0n) is 15.4. The first-order chi connectivity index (χ1) is 12.5. The third-order valence-corrected chi connectivity index (χ3v) is 4.22. The fourth-order valence-corrected chi connectivity index (χ4v) is 2.71. The molecule has 7 heteroatoms. The average Bonchev–Trinajstić information content (AvgIpc) is 3.17. The molecule has 0 aliphatic heterocycles. The summed E-state index contributed by atoms with van der Waals surface area (Å²) in [4.78, 5) is 0. The van der Waals surface area contributed by atoms with E-state index < -0.39 is 5.54 Å². The van der Waals surface area contributed by atoms with Crippen LogP contribution in [0.4, 0.5) is 0 Å². The Bertz CT molecular complexity index is 861. The van der Waals surface area contributed by atoms with Crippen LogP contribution in [0.25, 0.3) is 5.69 Å². The molecule has 0 bridgehead atoms. The van der Waals surface area contributed by atoms with Gasteiger partial charge < -0.3 is 14.8 Å². The molecule has 7 nitrogen and oxygen atoms in total. The molecule has 136 valence electrons. The summed E-state index contributed by atoms with van der Waals surface area (Å²) in [6.45, 7) is 4.82. The summed E-state index contributed by atoms with van der Waals surface area (Å²) >= 11 is 0. The summed E-state index contributed by atoms with van der Waals surface area (Å²) in [7, 11) is 3.21. The van der Waals surface area contributed by atoms with Gasteiger partial charge in [-0.15, -0.1) is 5.10 Å². The smallest absolute Gasteiger partial charge is 0.176 e. The third-order valence-electron chi connectivity index (χ3n) is 4.22. The molecule has 0 amide bonds. The lowest BCUT2D eigenvalue weighted by Gasteiger charge is -2.25. The highest BCUT2D eigenvalue weighted by Crippen LogP contribution is 2.30. The SMILES string of the molecule is COc1ccc(-n2nnnc2C(C)(C)NCc2ccccc2)cc1OC. The summed E-state index contributed by atoms with van der Waals surface area (Å²) in [5.41, 5.74) is 1.56. The quantitative estimate of drug-likeness (QED) is 0.704. The number of ether oxygens (including phenoxy) is 2. The van der Waals surface area contributed by atoms with Gasteiger partial charge >= 0.3 is 0 Å². The van der Waals surface area contributed by atoms with Crippen LogP contribution in [0.15, 0.2) is 48.5 Å². The van der Waals surface area contributed by atoms with E-state index in [4.69, 9.17) is 9.47 Å². The lowest BCUT2D eigenvalue weighted by molar-refractivity contribution is 0.353. The Morgan fingerprint density at radius 1 is 1.00 bits per heavy atom. The van der Waals surface area contributed by atoms with E-state index in [1.165, 1.54) is 5.56 Å². The molecule has 3 rings (SSSR count). The van der Waals surface area contributed by atoms with Crippen LogP contribution >= 0.6 is 0 Å². The molecule has 2 aromatic carbocycles. The van der Waals surface area contributed by atoms with Crippen molar-refractivity contribution in [2.75, 3.05) is 14.2 Å². The van der Waals surface area contributed by atoms with E-state index >= 15 is 0 Å². The molecule has 0 unspecified atom stereocenters. The van der Waals surface area contributed by atoms with Crippen molar-refractivity contribution < 1.29 is 9.47 Å². The third kappa shape index (κ3) is 3.67. The van der Waals surface area contributed by atoms with Crippen LogP contribution in [0.3, 0.4) is 0 Å². The maximum atomic E-state index is 5.38. The van der Waals surface area contributed by atoms with E-state index in [1.54, 1.807) is 18.9 Å². The first kappa shape index (κ1) is 17.9. The van der Waals surface area contributed by atoms with Gasteiger partial charge in [0.2, 0.25) is 0 Å². The van der Waals surface area contributed by atoms with E-state index in [2.05, 4.69) is 46.8 Å². The minimum absolute atomic E-state index is 0.438. The second-order valence-electron chi connectivity index (χ2n) is 6.42. The van der Waals surface area contributed by atoms with Crippen LogP contribution in [0.1, 0.15) is 25.2 Å². The minimum atomic E-state index is -0.438. The van der Waals surface area contributed by atoms with Gasteiger partial charge in [-0.3, -0.25) is 0 Å². The Hall–Kier alpha value is -2.93. The standard InChI is InChI=1S/C19H23N5O2/c1-19(2,20-13-14-8-6-5-7-9-14)18-21-22-23-24(18)15-10-11-16(25-3)17(12-15)26-4/h5-12,20H,13H2,1-4H3. The molecule has 0 saturated carbocycles. The van der Waals surface area contributed by atoms with Gasteiger partial charge in [0.05, 0.1) is 25.4 Å². The van der Waals surface area contributed by atoms with Gasteiger partial charge in [-0.1, -0.05) is 30.3 Å². The minimum Gasteiger partial charge on any atom is -0.493 e. The van der Waals surface area contributed by atoms with E-state index in [9.17, 15) is 0 Å². The van der Waals surface area contributed by atoms with Gasteiger partial charge in [0.1, 0.15) is 0 Å². The zero-order valence-corrected chi connectivity index (χ0v) is 15.4. The van der Waals surface area contributed by atoms with Crippen molar-refractivity contribution in [3.05, 3.63) is 59.9 Å². The highest BCUT2D eigenvalue weighted by Gasteiger charge is 2.28. The number of nitrogens with one attached hydrogen (secondary N) is 1. The topological polar surface area (TPSA) is 74.1 Å². The Morgan fingerprint density at radius 2 is 1.73 bits per heavy atom. The van der Waals surface area contributed by atoms with Gasteiger partial charge in [0.15, 0.2) is 17.3 Å². The van der Waals surface area contributed by atoms with Crippen LogP contribution in [0.2, 0.25) is 0 Å². The molecule has 1 heterocycles. The summed E-state index contributed by atoms with van der Waals surface area (Å²) in [5.74, 6) is 1.99. The number of methoxy groups -OCH3 is 2. The van der Waals surface area contributed by atoms with Crippen LogP contribution in [0, 0.1) is 0 Å². The largest absolute Gasteiger partial charge is 0.493 e. The predicted molar refractivity (Wildman–Crippen MR) is 98.6 cm³/mol. The van der Waals surface area contributed by atoms with Crippen molar-refractivity contribution >= 4 is 0 Å². The number of rotatable bonds is 7. The molecule has 0 aliphatic carbocycles. The summed E-state index contributed by atoms with van der Waals surface area (Å²) in [6, 6.07) is 15.8. The van der Waals surface area contributed by atoms with Gasteiger partial charge in [0.25, 0.3) is 0 Å². The second kappa shape index (κ2) is 7.53. The zero-order chi connectivity index (χ0) is 18.6. The van der Waals surface area contributed by atoms with Gasteiger partial charge in [0, 0.05) is 12.6 Å². The van der Waals surface area contributed by atoms with Gasteiger partial charge in [-0.2, -0.15) is 4.68 Å². The molecule has 3 aromatic rings. The number of aromatic nitrogens is 4. The monoisotopic (exact) mass is 353 g/mol. The summed E-state index contributed by atoms with van der Waals surface area (Å²) in [6.07, 6.45) is 0. The van der Waals surface area contributed by atoms with Crippen molar-refractivity contribution in [3.63, 3.8) is 0 Å². The molecule has 0 atom stereocenters. The fourth-order valence-electron chi connectivity index (χ4n) is 2.71. The maximum absolute atomic E-state index is 5.38. The van der Waals surface area contributed by atoms with Crippen molar-refractivity contribution in [2.45, 2.75) is 25.9 Å². The molecule has 0 fully saturated rings. The number of hydrogen-bond donors (Lipinski definition) is 1. The predicted octanol–water partition coefficient (Wildman–Crippen LogP) is 2.70. The van der Waals surface area contributed by atoms with Crippen molar-refractivity contribution in [1.82, 2.24) is 25.5 Å². The normalized spacial score (nSPS) is 11.4. The maximum Gasteiger partial charge on any atom is 0.176 e. The molecular weight excluding hydrogens is 330 g/mol. The van der Waals surface area contributed by atoms with Crippen LogP contribution in [0.5, 0.6) is 11.5 Å². The van der Waals surface area contributed by atoms with Crippen LogP contribution in [-0.4, -0.2) is 34.4 Å². The summed E-state index contributed by atoms with van der Waals surface area (Å²) < 4.78 is 12.4. The average molecular weight is 353 g/mol. The molecule has 0 saturated heterocycles. The van der Waals surface area contributed by atoms with Crippen molar-refractivity contribution in [2.24, 2.45) is 0 Å². The Balaban J connectivity index is 1.87. The van der Waals surface area contributed by atoms with E-state index in [-0.39, 0.29) is 0 Å². The first-order valence-electron chi connectivity index (χ1n) is 8.35. The van der Waals surface area contributed by atoms with E-state index in [0.29, 0.717) is 23.9 Å². The lowest BCUT2D eigenvalue weighted by atomic mass is 10.0. The molecule has 0 aliphatic rings. The fraction of sp³-hybridized carbons (Fsp3) is 0.316. The summed E-state index contributed by atoms with van der Waals surface area (Å²) in [5, 5.41) is 15.8. The van der Waals surface area contributed by atoms with Crippen molar-refractivity contribution in [1.29, 1.82) is 0 Å². The number of tetrazole rings is 1. The number of benzene rings is 2. The molecule has 1 aromatic heterocycles. The second-order valence-corrected chi connectivity index (χ2v) is 6.42. The highest BCUT2D eigenvalue weighted by molar-refractivity contribution is 5.48. The molecular formula is C19H23N5O2. The van der Waals surface area contributed by atoms with Crippen molar-refractivity contribution in [3.8, 4) is 17.2 Å². The van der Waals surface area contributed by atoms with Gasteiger partial charge in [-0.25, -0.2) is 0 Å². The van der Waals surface area contributed by atoms with Crippen LogP contribution < -0.4 is 14.8 Å². The molecule has 26 heavy (non-hydrogen) atoms. The molecule has 0 spiro atoms. The number of nitrogens with zero attached hydrogens (tertiary/aromatic N) is 4. The van der Waals surface area contributed by atoms with E-state index in [0.717, 1.165) is 5.69 Å². The lowest BCUT2D eigenvalue weighted by Crippen LogP contribution is -2.38. The van der Waals surface area contributed by atoms with Gasteiger partial charge in [-0.05, 0) is 42.0 Å². The Labute approximate surface area is 152 Å².